The molecule has 15 aromatic rings. The van der Waals surface area contributed by atoms with Gasteiger partial charge < -0.3 is 18.6 Å². The summed E-state index contributed by atoms with van der Waals surface area (Å²) in [6, 6.07) is 106. The minimum absolute atomic E-state index is 0.205. The smallest absolute Gasteiger partial charge is 0.138 e. The van der Waals surface area contributed by atoms with Crippen LogP contribution in [0.5, 0.6) is 0 Å². The molecule has 0 spiro atoms. The predicted octanol–water partition coefficient (Wildman–Crippen LogP) is 24.0. The van der Waals surface area contributed by atoms with E-state index in [-0.39, 0.29) is 21.7 Å². The van der Waals surface area contributed by atoms with Gasteiger partial charge in [0.15, 0.2) is 0 Å². The fourth-order valence-electron chi connectivity index (χ4n) is 14.2. The van der Waals surface area contributed by atoms with E-state index in [1.165, 1.54) is 44.5 Å². The van der Waals surface area contributed by atoms with Gasteiger partial charge in [-0.3, -0.25) is 0 Å². The van der Waals surface area contributed by atoms with Gasteiger partial charge in [0.2, 0.25) is 0 Å². The summed E-state index contributed by atoms with van der Waals surface area (Å²) >= 11 is 0. The van der Waals surface area contributed by atoms with Gasteiger partial charge in [0.25, 0.3) is 0 Å². The fraction of sp³-hybridized carbons (Fsp3) is 0.140. The Morgan fingerprint density at radius 3 is 0.689 bits per heavy atom. The lowest BCUT2D eigenvalue weighted by molar-refractivity contribution is 0.640. The van der Waals surface area contributed by atoms with Crippen molar-refractivity contribution in [3.8, 4) is 0 Å². The van der Waals surface area contributed by atoms with Crippen molar-refractivity contribution < 1.29 is 8.83 Å². The first-order valence-corrected chi connectivity index (χ1v) is 31.6. The van der Waals surface area contributed by atoms with Crippen molar-refractivity contribution in [3.63, 3.8) is 0 Å². The average molecular weight is 1170 g/mol. The number of anilines is 6. The Morgan fingerprint density at radius 1 is 0.211 bits per heavy atom. The second kappa shape index (κ2) is 21.7. The molecule has 0 aliphatic carbocycles. The molecule has 438 valence electrons. The number of nitrogens with zero attached hydrogens (tertiary/aromatic N) is 2. The van der Waals surface area contributed by atoms with Crippen LogP contribution in [0, 0.1) is 0 Å². The van der Waals surface area contributed by atoms with E-state index in [0.717, 1.165) is 99.5 Å². The van der Waals surface area contributed by atoms with Crippen LogP contribution in [-0.2, 0) is 21.7 Å². The summed E-state index contributed by atoms with van der Waals surface area (Å²) in [4.78, 5) is 4.82. The summed E-state index contributed by atoms with van der Waals surface area (Å²) in [6.45, 7) is 18.5. The summed E-state index contributed by atoms with van der Waals surface area (Å²) in [7, 11) is 0. The highest BCUT2D eigenvalue weighted by atomic mass is 16.3. The number of hydrogen-bond donors (Lipinski definition) is 0. The molecule has 2 heterocycles. The first kappa shape index (κ1) is 56.1. The monoisotopic (exact) mass is 1160 g/mol. The van der Waals surface area contributed by atoms with Crippen molar-refractivity contribution in [3.05, 3.63) is 336 Å². The molecule has 0 aliphatic rings. The topological polar surface area (TPSA) is 32.8 Å². The van der Waals surface area contributed by atoms with E-state index in [1.54, 1.807) is 0 Å². The second-order valence-electron chi connectivity index (χ2n) is 26.5. The first-order chi connectivity index (χ1) is 43.7. The van der Waals surface area contributed by atoms with Crippen LogP contribution in [0.25, 0.3) is 65.4 Å². The molecule has 0 saturated carbocycles. The summed E-state index contributed by atoms with van der Waals surface area (Å²) in [6.07, 6.45) is 0. The molecule has 0 atom stereocenters. The van der Waals surface area contributed by atoms with Crippen LogP contribution in [0.3, 0.4) is 0 Å². The summed E-state index contributed by atoms with van der Waals surface area (Å²) in [5, 5.41) is 8.62. The third-order valence-electron chi connectivity index (χ3n) is 19.9. The van der Waals surface area contributed by atoms with Crippen LogP contribution >= 0.6 is 0 Å². The SMILES string of the molecule is CC(C)(c1ccccc1)c1ccc(N(c2ccc(C(C)(C)c3ccccc3)cc2)c2cc3oc4ccc5oc6cc(N(c7ccc(C(C)(C)c8ccccc8)cc7)c7ccc(C(C)(C)c8ccccc8)cc7)c7ccccc7c6c5c4c3c3ccccc23)cc1. The summed E-state index contributed by atoms with van der Waals surface area (Å²) < 4.78 is 14.4. The molecule has 0 bridgehead atoms. The molecule has 13 aromatic carbocycles. The highest BCUT2D eigenvalue weighted by Crippen LogP contribution is 2.52. The van der Waals surface area contributed by atoms with E-state index < -0.39 is 0 Å². The quantitative estimate of drug-likeness (QED) is 0.109. The molecular weight excluding hydrogens is 1090 g/mol. The van der Waals surface area contributed by atoms with Gasteiger partial charge in [0.1, 0.15) is 22.3 Å². The lowest BCUT2D eigenvalue weighted by Crippen LogP contribution is -2.19. The average Bonchev–Trinajstić information content (AvgIpc) is 1.52. The minimum Gasteiger partial charge on any atom is -0.456 e. The molecule has 4 nitrogen and oxygen atoms in total. The first-order valence-electron chi connectivity index (χ1n) is 31.6. The lowest BCUT2D eigenvalue weighted by atomic mass is 9.78. The molecule has 0 saturated heterocycles. The number of rotatable bonds is 14. The van der Waals surface area contributed by atoms with E-state index in [9.17, 15) is 0 Å². The Morgan fingerprint density at radius 2 is 0.433 bits per heavy atom. The zero-order chi connectivity index (χ0) is 61.5. The highest BCUT2D eigenvalue weighted by molar-refractivity contribution is 6.35. The zero-order valence-electron chi connectivity index (χ0n) is 52.4. The van der Waals surface area contributed by atoms with Gasteiger partial charge in [-0.1, -0.05) is 274 Å². The minimum atomic E-state index is -0.205. The largest absolute Gasteiger partial charge is 0.456 e. The highest BCUT2D eigenvalue weighted by Gasteiger charge is 2.31. The zero-order valence-corrected chi connectivity index (χ0v) is 52.4. The van der Waals surface area contributed by atoms with E-state index >= 15 is 0 Å². The van der Waals surface area contributed by atoms with Gasteiger partial charge in [-0.15, -0.1) is 0 Å². The molecule has 2 aromatic heterocycles. The second-order valence-corrected chi connectivity index (χ2v) is 26.5. The fourth-order valence-corrected chi connectivity index (χ4v) is 14.2. The molecule has 0 fully saturated rings. The summed E-state index contributed by atoms with van der Waals surface area (Å²) in [5.41, 5.74) is 18.7. The Balaban J connectivity index is 0.909. The molecule has 0 amide bonds. The van der Waals surface area contributed by atoms with Crippen molar-refractivity contribution >= 4 is 99.5 Å². The molecular formula is C86H72N2O2. The third-order valence-corrected chi connectivity index (χ3v) is 19.9. The van der Waals surface area contributed by atoms with E-state index in [2.05, 4.69) is 356 Å². The van der Waals surface area contributed by atoms with Gasteiger partial charge in [0, 0.05) is 88.9 Å². The number of benzene rings is 13. The van der Waals surface area contributed by atoms with Gasteiger partial charge in [-0.25, -0.2) is 0 Å². The Bertz CT molecular complexity index is 4600. The number of hydrogen-bond acceptors (Lipinski definition) is 4. The standard InChI is InChI=1S/C86H72N2O2/c1-83(2,57-25-13-9-14-26-57)61-37-45-65(46-38-61)87(66-47-39-62(40-48-66)84(3,4)58-27-15-10-16-28-58)73-55-77-79(71-35-23-21-33-69(71)73)81-75(89-77)53-54-76-82(81)80-72-36-24-22-34-70(72)74(56-78(80)90-76)88(67-49-41-63(42-50-67)85(5,6)59-29-17-11-18-30-59)68-51-43-64(44-52-68)86(7,8)60-31-19-12-20-32-60/h9-56H,1-8H3. The molecule has 90 heavy (non-hydrogen) atoms. The maximum absolute atomic E-state index is 7.21. The molecule has 4 heteroatoms. The van der Waals surface area contributed by atoms with Crippen molar-refractivity contribution in [1.82, 2.24) is 0 Å². The molecule has 0 radical (unpaired) electrons. The molecule has 15 rings (SSSR count). The van der Waals surface area contributed by atoms with Crippen LogP contribution in [-0.4, -0.2) is 0 Å². The maximum Gasteiger partial charge on any atom is 0.138 e. The van der Waals surface area contributed by atoms with Crippen LogP contribution < -0.4 is 9.80 Å². The Hall–Kier alpha value is -10.4. The van der Waals surface area contributed by atoms with Crippen LogP contribution in [0.4, 0.5) is 34.1 Å². The van der Waals surface area contributed by atoms with E-state index in [1.807, 2.05) is 0 Å². The lowest BCUT2D eigenvalue weighted by Gasteiger charge is -2.31. The predicted molar refractivity (Wildman–Crippen MR) is 380 cm³/mol. The normalized spacial score (nSPS) is 12.4. The van der Waals surface area contributed by atoms with E-state index in [0.29, 0.717) is 0 Å². The van der Waals surface area contributed by atoms with E-state index in [4.69, 9.17) is 8.83 Å². The molecule has 0 aliphatic heterocycles. The number of fused-ring (bicyclic) bond motifs is 11. The maximum atomic E-state index is 7.21. The van der Waals surface area contributed by atoms with Gasteiger partial charge >= 0.3 is 0 Å². The Kier molecular flexibility index (Phi) is 13.5. The van der Waals surface area contributed by atoms with Gasteiger partial charge in [-0.05, 0) is 116 Å². The van der Waals surface area contributed by atoms with Gasteiger partial charge in [-0.2, -0.15) is 0 Å². The van der Waals surface area contributed by atoms with Crippen molar-refractivity contribution in [1.29, 1.82) is 0 Å². The van der Waals surface area contributed by atoms with Crippen LogP contribution in [0.2, 0.25) is 0 Å². The van der Waals surface area contributed by atoms with Crippen molar-refractivity contribution in [2.45, 2.75) is 77.0 Å². The number of furan rings is 2. The summed E-state index contributed by atoms with van der Waals surface area (Å²) in [5.74, 6) is 0. The molecule has 0 N–H and O–H groups in total. The van der Waals surface area contributed by atoms with Gasteiger partial charge in [0.05, 0.1) is 11.4 Å². The van der Waals surface area contributed by atoms with Crippen LogP contribution in [0.15, 0.2) is 300 Å². The van der Waals surface area contributed by atoms with Crippen molar-refractivity contribution in [2.75, 3.05) is 9.80 Å². The Labute approximate surface area is 527 Å². The third kappa shape index (κ3) is 9.35. The van der Waals surface area contributed by atoms with Crippen LogP contribution in [0.1, 0.15) is 99.9 Å². The van der Waals surface area contributed by atoms with Crippen molar-refractivity contribution in [2.24, 2.45) is 0 Å². The molecule has 0 unspecified atom stereocenters.